The molecule has 1 saturated carbocycles. The predicted molar refractivity (Wildman–Crippen MR) is 76.7 cm³/mol. The highest BCUT2D eigenvalue weighted by molar-refractivity contribution is 5.89. The fraction of sp³-hybridized carbons (Fsp3) is 0.500. The van der Waals surface area contributed by atoms with Gasteiger partial charge in [-0.25, -0.2) is 4.79 Å². The van der Waals surface area contributed by atoms with Gasteiger partial charge in [0, 0.05) is 12.0 Å². The van der Waals surface area contributed by atoms with Crippen molar-refractivity contribution in [1.29, 1.82) is 0 Å². The van der Waals surface area contributed by atoms with Crippen LogP contribution in [-0.4, -0.2) is 23.5 Å². The Hall–Kier alpha value is -1.84. The quantitative estimate of drug-likeness (QED) is 0.868. The first-order valence-corrected chi connectivity index (χ1v) is 7.12. The van der Waals surface area contributed by atoms with Crippen molar-refractivity contribution in [2.24, 2.45) is 5.41 Å². The van der Waals surface area contributed by atoms with Gasteiger partial charge in [0.05, 0.1) is 5.56 Å². The van der Waals surface area contributed by atoms with E-state index in [2.05, 4.69) is 5.32 Å². The summed E-state index contributed by atoms with van der Waals surface area (Å²) in [6, 6.07) is 6.93. The van der Waals surface area contributed by atoms with Gasteiger partial charge in [0.2, 0.25) is 5.91 Å². The summed E-state index contributed by atoms with van der Waals surface area (Å²) >= 11 is 0. The first kappa shape index (κ1) is 14.6. The van der Waals surface area contributed by atoms with E-state index in [-0.39, 0.29) is 11.3 Å². The molecule has 0 aliphatic heterocycles. The number of carbonyl (C=O) groups is 2. The number of benzene rings is 1. The number of amides is 1. The number of hydrogen-bond donors (Lipinski definition) is 2. The average molecular weight is 275 g/mol. The van der Waals surface area contributed by atoms with Gasteiger partial charge in [0.15, 0.2) is 0 Å². The highest BCUT2D eigenvalue weighted by Crippen LogP contribution is 2.37. The summed E-state index contributed by atoms with van der Waals surface area (Å²) in [6.07, 6.45) is 4.68. The van der Waals surface area contributed by atoms with Gasteiger partial charge in [-0.1, -0.05) is 38.0 Å². The van der Waals surface area contributed by atoms with E-state index < -0.39 is 5.97 Å². The Morgan fingerprint density at radius 1 is 1.25 bits per heavy atom. The second-order valence-electron chi connectivity index (χ2n) is 5.74. The summed E-state index contributed by atoms with van der Waals surface area (Å²) in [5.74, 6) is -0.822. The Bertz CT molecular complexity index is 504. The van der Waals surface area contributed by atoms with Crippen LogP contribution in [0, 0.1) is 5.41 Å². The molecule has 1 aliphatic carbocycles. The Morgan fingerprint density at radius 3 is 2.55 bits per heavy atom. The van der Waals surface area contributed by atoms with Crippen LogP contribution in [0.2, 0.25) is 0 Å². The van der Waals surface area contributed by atoms with Crippen LogP contribution in [0.1, 0.15) is 48.5 Å². The lowest BCUT2D eigenvalue weighted by atomic mass is 9.88. The number of hydrogen-bond acceptors (Lipinski definition) is 2. The van der Waals surface area contributed by atoms with Crippen LogP contribution in [-0.2, 0) is 11.2 Å². The van der Waals surface area contributed by atoms with Gasteiger partial charge >= 0.3 is 5.97 Å². The van der Waals surface area contributed by atoms with Crippen molar-refractivity contribution in [3.63, 3.8) is 0 Å². The van der Waals surface area contributed by atoms with Gasteiger partial charge in [-0.2, -0.15) is 0 Å². The molecule has 1 aliphatic rings. The van der Waals surface area contributed by atoms with Crippen LogP contribution < -0.4 is 5.32 Å². The van der Waals surface area contributed by atoms with Crippen LogP contribution >= 0.6 is 0 Å². The molecule has 2 rings (SSSR count). The Balaban J connectivity index is 1.90. The largest absolute Gasteiger partial charge is 0.478 e. The zero-order valence-corrected chi connectivity index (χ0v) is 11.8. The summed E-state index contributed by atoms with van der Waals surface area (Å²) < 4.78 is 0. The first-order valence-electron chi connectivity index (χ1n) is 7.12. The van der Waals surface area contributed by atoms with Gasteiger partial charge in [0.25, 0.3) is 0 Å². The minimum absolute atomic E-state index is 0.0998. The third kappa shape index (κ3) is 3.18. The number of carboxylic acids is 1. The second kappa shape index (κ2) is 6.07. The second-order valence-corrected chi connectivity index (χ2v) is 5.74. The molecule has 1 amide bonds. The van der Waals surface area contributed by atoms with Crippen LogP contribution in [0.15, 0.2) is 24.3 Å². The summed E-state index contributed by atoms with van der Waals surface area (Å²) in [5, 5.41) is 12.0. The normalized spacial score (nSPS) is 16.9. The number of nitrogens with one attached hydrogen (secondary N) is 1. The molecule has 0 atom stereocenters. The zero-order chi connectivity index (χ0) is 14.6. The van der Waals surface area contributed by atoms with E-state index in [9.17, 15) is 9.59 Å². The van der Waals surface area contributed by atoms with Crippen molar-refractivity contribution in [2.45, 2.75) is 39.0 Å². The molecule has 2 N–H and O–H groups in total. The maximum absolute atomic E-state index is 12.1. The summed E-state index contributed by atoms with van der Waals surface area (Å²) in [7, 11) is 0. The van der Waals surface area contributed by atoms with E-state index in [1.165, 1.54) is 0 Å². The molecule has 4 heteroatoms. The van der Waals surface area contributed by atoms with Gasteiger partial charge in [-0.05, 0) is 30.9 Å². The molecule has 1 fully saturated rings. The lowest BCUT2D eigenvalue weighted by molar-refractivity contribution is -0.129. The predicted octanol–water partition coefficient (Wildman–Crippen LogP) is 2.62. The summed E-state index contributed by atoms with van der Waals surface area (Å²) in [6.45, 7) is 2.50. The summed E-state index contributed by atoms with van der Waals surface area (Å²) in [5.41, 5.74) is 0.845. The monoisotopic (exact) mass is 275 g/mol. The molecule has 0 aromatic heterocycles. The number of carboxylic acid groups (broad SMARTS) is 1. The van der Waals surface area contributed by atoms with Crippen LogP contribution in [0.25, 0.3) is 0 Å². The van der Waals surface area contributed by atoms with Crippen molar-refractivity contribution in [2.75, 3.05) is 6.54 Å². The van der Waals surface area contributed by atoms with Crippen LogP contribution in [0.5, 0.6) is 0 Å². The van der Waals surface area contributed by atoms with Gasteiger partial charge < -0.3 is 10.4 Å². The van der Waals surface area contributed by atoms with Crippen molar-refractivity contribution in [3.05, 3.63) is 35.4 Å². The molecule has 108 valence electrons. The maximum Gasteiger partial charge on any atom is 0.335 e. The molecule has 4 nitrogen and oxygen atoms in total. The Labute approximate surface area is 119 Å². The van der Waals surface area contributed by atoms with Crippen molar-refractivity contribution in [3.8, 4) is 0 Å². The van der Waals surface area contributed by atoms with Crippen LogP contribution in [0.3, 0.4) is 0 Å². The molecule has 0 bridgehead atoms. The highest BCUT2D eigenvalue weighted by atomic mass is 16.4. The number of aromatic carboxylic acids is 1. The molecule has 20 heavy (non-hydrogen) atoms. The molecule has 0 spiro atoms. The standard InChI is InChI=1S/C16H21NO3/c1-16(9-4-5-10-16)15(20)17-11-8-12-6-2-3-7-13(12)14(18)19/h2-3,6-7H,4-5,8-11H2,1H3,(H,17,20)(H,18,19). The first-order chi connectivity index (χ1) is 9.53. The minimum atomic E-state index is -0.922. The van der Waals surface area contributed by atoms with Gasteiger partial charge in [-0.3, -0.25) is 4.79 Å². The van der Waals surface area contributed by atoms with Gasteiger partial charge in [0.1, 0.15) is 0 Å². The third-order valence-corrected chi connectivity index (χ3v) is 4.18. The molecule has 0 saturated heterocycles. The summed E-state index contributed by atoms with van der Waals surface area (Å²) in [4.78, 5) is 23.2. The number of carbonyl (C=O) groups excluding carboxylic acids is 1. The van der Waals surface area contributed by atoms with Crippen molar-refractivity contribution < 1.29 is 14.7 Å². The lowest BCUT2D eigenvalue weighted by Crippen LogP contribution is -2.38. The smallest absolute Gasteiger partial charge is 0.335 e. The third-order valence-electron chi connectivity index (χ3n) is 4.18. The van der Waals surface area contributed by atoms with E-state index in [0.717, 1.165) is 31.2 Å². The van der Waals surface area contributed by atoms with E-state index in [1.807, 2.05) is 13.0 Å². The fourth-order valence-electron chi connectivity index (χ4n) is 2.85. The van der Waals surface area contributed by atoms with Crippen molar-refractivity contribution in [1.82, 2.24) is 5.32 Å². The Morgan fingerprint density at radius 2 is 1.90 bits per heavy atom. The van der Waals surface area contributed by atoms with Crippen LogP contribution in [0.4, 0.5) is 0 Å². The van der Waals surface area contributed by atoms with E-state index in [0.29, 0.717) is 18.5 Å². The lowest BCUT2D eigenvalue weighted by Gasteiger charge is -2.22. The molecule has 0 radical (unpaired) electrons. The zero-order valence-electron chi connectivity index (χ0n) is 11.8. The molecular weight excluding hydrogens is 254 g/mol. The fourth-order valence-corrected chi connectivity index (χ4v) is 2.85. The minimum Gasteiger partial charge on any atom is -0.478 e. The van der Waals surface area contributed by atoms with E-state index >= 15 is 0 Å². The van der Waals surface area contributed by atoms with E-state index in [1.54, 1.807) is 18.2 Å². The SMILES string of the molecule is CC1(C(=O)NCCc2ccccc2C(=O)O)CCCC1. The molecule has 1 aromatic carbocycles. The highest BCUT2D eigenvalue weighted by Gasteiger charge is 2.35. The van der Waals surface area contributed by atoms with E-state index in [4.69, 9.17) is 5.11 Å². The van der Waals surface area contributed by atoms with Crippen molar-refractivity contribution >= 4 is 11.9 Å². The van der Waals surface area contributed by atoms with Gasteiger partial charge in [-0.15, -0.1) is 0 Å². The molecular formula is C16H21NO3. The topological polar surface area (TPSA) is 66.4 Å². The molecule has 1 aromatic rings. The molecule has 0 unspecified atom stereocenters. The Kier molecular flexibility index (Phi) is 4.42. The molecule has 0 heterocycles. The maximum atomic E-state index is 12.1. The average Bonchev–Trinajstić information content (AvgIpc) is 2.87. The number of rotatable bonds is 5.